The summed E-state index contributed by atoms with van der Waals surface area (Å²) in [6.45, 7) is 0.110. The molecule has 0 aliphatic rings. The number of ether oxygens (including phenoxy) is 1. The molecular formula is C24H20F7NO3S. The van der Waals surface area contributed by atoms with Gasteiger partial charge in [-0.25, -0.2) is 4.39 Å². The van der Waals surface area contributed by atoms with Crippen molar-refractivity contribution < 1.29 is 45.4 Å². The molecule has 0 unspecified atom stereocenters. The minimum Gasteiger partial charge on any atom is -0.488 e. The van der Waals surface area contributed by atoms with Crippen LogP contribution in [0.1, 0.15) is 46.0 Å². The molecule has 1 N–H and O–H groups in total. The number of hydrogen-bond acceptors (Lipinski definition) is 4. The Morgan fingerprint density at radius 1 is 1.00 bits per heavy atom. The number of rotatable bonds is 9. The summed E-state index contributed by atoms with van der Waals surface area (Å²) in [4.78, 5) is 10.8. The molecule has 0 aliphatic heterocycles. The van der Waals surface area contributed by atoms with E-state index in [1.165, 1.54) is 0 Å². The summed E-state index contributed by atoms with van der Waals surface area (Å²) in [6, 6.07) is 7.82. The lowest BCUT2D eigenvalue weighted by atomic mass is 9.99. The third-order valence-electron chi connectivity index (χ3n) is 5.37. The van der Waals surface area contributed by atoms with Gasteiger partial charge in [0.05, 0.1) is 21.7 Å². The van der Waals surface area contributed by atoms with Crippen LogP contribution in [0.4, 0.5) is 30.7 Å². The zero-order valence-corrected chi connectivity index (χ0v) is 19.6. The minimum atomic E-state index is -5.23. The highest BCUT2D eigenvalue weighted by Gasteiger charge is 2.43. The van der Waals surface area contributed by atoms with E-state index in [0.717, 1.165) is 23.5 Å². The van der Waals surface area contributed by atoms with Crippen LogP contribution in [0.2, 0.25) is 0 Å². The maximum Gasteiger partial charge on any atom is 0.419 e. The van der Waals surface area contributed by atoms with Crippen molar-refractivity contribution in [3.63, 3.8) is 0 Å². The van der Waals surface area contributed by atoms with Crippen LogP contribution in [0.3, 0.4) is 0 Å². The third kappa shape index (κ3) is 6.34. The van der Waals surface area contributed by atoms with Gasteiger partial charge in [-0.1, -0.05) is 31.2 Å². The predicted octanol–water partition coefficient (Wildman–Crippen LogP) is 7.48. The summed E-state index contributed by atoms with van der Waals surface area (Å²) in [5.74, 6) is -2.84. The molecule has 0 fully saturated rings. The monoisotopic (exact) mass is 535 g/mol. The summed E-state index contributed by atoms with van der Waals surface area (Å²) in [5.41, 5.74) is -2.10. The Kier molecular flexibility index (Phi) is 8.27. The van der Waals surface area contributed by atoms with Gasteiger partial charge in [0.1, 0.15) is 19.0 Å². The van der Waals surface area contributed by atoms with Crippen LogP contribution in [0.15, 0.2) is 36.4 Å². The summed E-state index contributed by atoms with van der Waals surface area (Å²) in [7, 11) is 0. The molecule has 36 heavy (non-hydrogen) atoms. The predicted molar refractivity (Wildman–Crippen MR) is 118 cm³/mol. The van der Waals surface area contributed by atoms with Gasteiger partial charge >= 0.3 is 18.3 Å². The molecule has 1 heterocycles. The second kappa shape index (κ2) is 10.9. The molecule has 0 saturated carbocycles. The van der Waals surface area contributed by atoms with Gasteiger partial charge in [0.25, 0.3) is 0 Å². The van der Waals surface area contributed by atoms with E-state index in [1.807, 2.05) is 6.92 Å². The average Bonchev–Trinajstić information content (AvgIpc) is 3.22. The van der Waals surface area contributed by atoms with E-state index >= 15 is 0 Å². The molecule has 0 saturated heterocycles. The molecule has 1 aromatic heterocycles. The van der Waals surface area contributed by atoms with E-state index in [-0.39, 0.29) is 16.1 Å². The topological polar surface area (TPSA) is 59.4 Å². The number of carboxylic acid groups (broad SMARTS) is 1. The summed E-state index contributed by atoms with van der Waals surface area (Å²) in [6.07, 6.45) is -10.9. The zero-order chi connectivity index (χ0) is 26.7. The van der Waals surface area contributed by atoms with Crippen molar-refractivity contribution in [2.24, 2.45) is 0 Å². The van der Waals surface area contributed by atoms with Gasteiger partial charge in [0.2, 0.25) is 0 Å². The highest BCUT2D eigenvalue weighted by atomic mass is 32.1. The molecule has 3 rings (SSSR count). The molecule has 0 aliphatic carbocycles. The largest absolute Gasteiger partial charge is 0.488 e. The fourth-order valence-corrected chi connectivity index (χ4v) is 4.26. The number of alkyl halides is 7. The highest BCUT2D eigenvalue weighted by Crippen LogP contribution is 2.46. The first kappa shape index (κ1) is 27.4. The number of aliphatic carboxylic acids is 1. The van der Waals surface area contributed by atoms with Gasteiger partial charge in [-0.05, 0) is 47.6 Å². The summed E-state index contributed by atoms with van der Waals surface area (Å²) in [5, 5.41) is 8.77. The van der Waals surface area contributed by atoms with Crippen molar-refractivity contribution in [3.05, 3.63) is 69.1 Å². The fraction of sp³-hybridized carbons (Fsp3) is 0.333. The zero-order valence-electron chi connectivity index (χ0n) is 18.8. The Hall–Kier alpha value is -3.15. The molecule has 0 amide bonds. The lowest BCUT2D eigenvalue weighted by Crippen LogP contribution is -2.17. The maximum absolute atomic E-state index is 13.8. The second-order valence-corrected chi connectivity index (χ2v) is 8.67. The second-order valence-electron chi connectivity index (χ2n) is 7.82. The number of hydrogen-bond donors (Lipinski definition) is 1. The highest BCUT2D eigenvalue weighted by molar-refractivity contribution is 7.06. The van der Waals surface area contributed by atoms with Gasteiger partial charge in [-0.2, -0.15) is 30.7 Å². The Bertz CT molecular complexity index is 1180. The SMILES string of the molecule is CCc1ccc(-c2nsc(CF)c2COc2c(C(F)(F)F)cc(CCC(=O)O)cc2C(F)(F)F)cc1. The number of aryl methyl sites for hydroxylation is 2. The first-order chi connectivity index (χ1) is 16.8. The smallest absolute Gasteiger partial charge is 0.419 e. The van der Waals surface area contributed by atoms with Crippen LogP contribution in [0.25, 0.3) is 11.3 Å². The van der Waals surface area contributed by atoms with E-state index in [9.17, 15) is 35.5 Å². The van der Waals surface area contributed by atoms with Gasteiger partial charge in [-0.15, -0.1) is 0 Å². The lowest BCUT2D eigenvalue weighted by molar-refractivity contribution is -0.146. The number of halogens is 7. The van der Waals surface area contributed by atoms with Gasteiger partial charge in [-0.3, -0.25) is 4.79 Å². The number of carbonyl (C=O) groups is 1. The van der Waals surface area contributed by atoms with Crippen LogP contribution in [0, 0.1) is 0 Å². The number of benzene rings is 2. The molecular weight excluding hydrogens is 515 g/mol. The van der Waals surface area contributed by atoms with Gasteiger partial charge in [0, 0.05) is 17.5 Å². The molecule has 0 bridgehead atoms. The van der Waals surface area contributed by atoms with Crippen molar-refractivity contribution >= 4 is 17.5 Å². The Labute approximate surface area is 205 Å². The van der Waals surface area contributed by atoms with Crippen molar-refractivity contribution in [2.45, 2.75) is 51.8 Å². The minimum absolute atomic E-state index is 0.0183. The maximum atomic E-state index is 13.8. The fourth-order valence-electron chi connectivity index (χ4n) is 3.53. The van der Waals surface area contributed by atoms with Crippen LogP contribution in [0.5, 0.6) is 5.75 Å². The van der Waals surface area contributed by atoms with Crippen molar-refractivity contribution in [1.29, 1.82) is 0 Å². The van der Waals surface area contributed by atoms with Crippen LogP contribution in [-0.2, 0) is 43.3 Å². The standard InChI is InChI=1S/C24H20F7NO3S/c1-2-13-3-6-15(7-4-13)21-16(19(11-25)36-32-21)12-35-22-17(23(26,27)28)9-14(5-8-20(33)34)10-18(22)24(29,30)31/h3-4,6-7,9-10H,2,5,8,11-12H2,1H3,(H,33,34). The van der Waals surface area contributed by atoms with Crippen molar-refractivity contribution in [2.75, 3.05) is 0 Å². The lowest BCUT2D eigenvalue weighted by Gasteiger charge is -2.21. The van der Waals surface area contributed by atoms with E-state index in [2.05, 4.69) is 4.37 Å². The van der Waals surface area contributed by atoms with E-state index < -0.39 is 66.9 Å². The summed E-state index contributed by atoms with van der Waals surface area (Å²) < 4.78 is 106. The number of carboxylic acids is 1. The normalized spacial score (nSPS) is 12.1. The summed E-state index contributed by atoms with van der Waals surface area (Å²) >= 11 is 0.742. The van der Waals surface area contributed by atoms with Crippen LogP contribution < -0.4 is 4.74 Å². The van der Waals surface area contributed by atoms with E-state index in [4.69, 9.17) is 9.84 Å². The Balaban J connectivity index is 2.07. The quantitative estimate of drug-likeness (QED) is 0.289. The first-order valence-corrected chi connectivity index (χ1v) is 11.4. The molecule has 4 nitrogen and oxygen atoms in total. The van der Waals surface area contributed by atoms with Gasteiger partial charge in [0.15, 0.2) is 0 Å². The molecule has 0 atom stereocenters. The first-order valence-electron chi connectivity index (χ1n) is 10.6. The molecule has 0 spiro atoms. The average molecular weight is 535 g/mol. The molecule has 3 aromatic rings. The van der Waals surface area contributed by atoms with Crippen molar-refractivity contribution in [1.82, 2.24) is 4.37 Å². The van der Waals surface area contributed by atoms with Crippen LogP contribution in [-0.4, -0.2) is 15.4 Å². The Morgan fingerprint density at radius 2 is 1.58 bits per heavy atom. The van der Waals surface area contributed by atoms with E-state index in [0.29, 0.717) is 17.7 Å². The molecule has 0 radical (unpaired) electrons. The molecule has 12 heteroatoms. The molecule has 194 valence electrons. The number of nitrogens with zero attached hydrogens (tertiary/aromatic N) is 1. The van der Waals surface area contributed by atoms with Gasteiger partial charge < -0.3 is 9.84 Å². The molecule has 2 aromatic carbocycles. The Morgan fingerprint density at radius 3 is 2.06 bits per heavy atom. The van der Waals surface area contributed by atoms with Crippen molar-refractivity contribution in [3.8, 4) is 17.0 Å². The van der Waals surface area contributed by atoms with E-state index in [1.54, 1.807) is 24.3 Å². The van der Waals surface area contributed by atoms with Crippen LogP contribution >= 0.6 is 11.5 Å². The third-order valence-corrected chi connectivity index (χ3v) is 6.22. The number of aromatic nitrogens is 1.